The zero-order valence-electron chi connectivity index (χ0n) is 16.4. The van der Waals surface area contributed by atoms with Crippen LogP contribution in [0.1, 0.15) is 27.0 Å². The first-order chi connectivity index (χ1) is 15.0. The topological polar surface area (TPSA) is 98.1 Å². The number of fused-ring (bicyclic) bond motifs is 1. The van der Waals surface area contributed by atoms with Crippen LogP contribution in [0.2, 0.25) is 5.02 Å². The lowest BCUT2D eigenvalue weighted by molar-refractivity contribution is -0.117. The second kappa shape index (κ2) is 8.86. The van der Waals surface area contributed by atoms with E-state index in [1.54, 1.807) is 41.3 Å². The normalized spacial score (nSPS) is 12.5. The van der Waals surface area contributed by atoms with Crippen LogP contribution in [0.25, 0.3) is 0 Å². The monoisotopic (exact) mass is 431 g/mol. The Morgan fingerprint density at radius 1 is 1.19 bits per heavy atom. The van der Waals surface area contributed by atoms with Crippen molar-refractivity contribution in [3.63, 3.8) is 0 Å². The van der Waals surface area contributed by atoms with E-state index in [4.69, 9.17) is 16.9 Å². The number of hydrogen-bond acceptors (Lipinski definition) is 5. The number of benzene rings is 2. The Balaban J connectivity index is 1.53. The number of anilines is 2. The van der Waals surface area contributed by atoms with Gasteiger partial charge in [0, 0.05) is 17.8 Å². The highest BCUT2D eigenvalue weighted by Crippen LogP contribution is 2.30. The van der Waals surface area contributed by atoms with Crippen LogP contribution in [0.4, 0.5) is 11.5 Å². The summed E-state index contributed by atoms with van der Waals surface area (Å²) in [6, 6.07) is 18.0. The smallest absolute Gasteiger partial charge is 0.253 e. The molecule has 1 aromatic heterocycles. The number of carbonyl (C=O) groups excluding carboxylic acids is 2. The summed E-state index contributed by atoms with van der Waals surface area (Å²) in [5.74, 6) is 0.115. The van der Waals surface area contributed by atoms with Crippen molar-refractivity contribution in [3.8, 4) is 6.07 Å². The highest BCUT2D eigenvalue weighted by molar-refractivity contribution is 6.30. The molecule has 3 aromatic rings. The second-order valence-electron chi connectivity index (χ2n) is 7.05. The SMILES string of the molecule is N#Cc1cccc(CNC(=O)c2cnc3c(c2)N(Cc2ccc(Cl)cc2)C(=O)CN3)c1. The molecule has 0 saturated carbocycles. The number of nitrogens with zero attached hydrogens (tertiary/aromatic N) is 3. The van der Waals surface area contributed by atoms with E-state index in [1.165, 1.54) is 6.20 Å². The van der Waals surface area contributed by atoms with Crippen LogP contribution >= 0.6 is 11.6 Å². The molecule has 1 aliphatic rings. The molecule has 7 nitrogen and oxygen atoms in total. The molecule has 154 valence electrons. The number of carbonyl (C=O) groups is 2. The standard InChI is InChI=1S/C23H18ClN5O2/c24-19-6-4-15(5-7-19)14-29-20-9-18(12-26-22(20)27-13-21(29)30)23(31)28-11-17-3-1-2-16(8-17)10-25/h1-9,12H,11,13-14H2,(H,26,27)(H,28,31). The van der Waals surface area contributed by atoms with Crippen molar-refractivity contribution in [1.29, 1.82) is 5.26 Å². The predicted octanol–water partition coefficient (Wildman–Crippen LogP) is 3.50. The van der Waals surface area contributed by atoms with Gasteiger partial charge in [0.15, 0.2) is 5.82 Å². The van der Waals surface area contributed by atoms with Crippen LogP contribution in [0.15, 0.2) is 60.8 Å². The second-order valence-corrected chi connectivity index (χ2v) is 7.48. The van der Waals surface area contributed by atoms with Crippen molar-refractivity contribution in [2.24, 2.45) is 0 Å². The third-order valence-electron chi connectivity index (χ3n) is 4.89. The van der Waals surface area contributed by atoms with Crippen molar-refractivity contribution < 1.29 is 9.59 Å². The molecule has 0 fully saturated rings. The molecule has 2 aromatic carbocycles. The number of halogens is 1. The van der Waals surface area contributed by atoms with Crippen molar-refractivity contribution in [3.05, 3.63) is 88.1 Å². The van der Waals surface area contributed by atoms with E-state index in [-0.39, 0.29) is 24.9 Å². The maximum atomic E-state index is 12.7. The molecule has 0 unspecified atom stereocenters. The van der Waals surface area contributed by atoms with Gasteiger partial charge in [-0.1, -0.05) is 35.9 Å². The Bertz CT molecular complexity index is 1190. The summed E-state index contributed by atoms with van der Waals surface area (Å²) in [6.07, 6.45) is 1.48. The summed E-state index contributed by atoms with van der Waals surface area (Å²) in [7, 11) is 0. The van der Waals surface area contributed by atoms with E-state index in [0.29, 0.717) is 34.2 Å². The largest absolute Gasteiger partial charge is 0.359 e. The molecular weight excluding hydrogens is 414 g/mol. The highest BCUT2D eigenvalue weighted by Gasteiger charge is 2.26. The summed E-state index contributed by atoms with van der Waals surface area (Å²) in [6.45, 7) is 0.754. The lowest BCUT2D eigenvalue weighted by Crippen LogP contribution is -2.40. The molecule has 4 rings (SSSR count). The Morgan fingerprint density at radius 3 is 2.77 bits per heavy atom. The van der Waals surface area contributed by atoms with Crippen LogP contribution in [-0.4, -0.2) is 23.3 Å². The lowest BCUT2D eigenvalue weighted by Gasteiger charge is -2.29. The number of nitrogens with one attached hydrogen (secondary N) is 2. The first-order valence-electron chi connectivity index (χ1n) is 9.59. The molecule has 0 bridgehead atoms. The molecule has 0 saturated heterocycles. The van der Waals surface area contributed by atoms with Crippen molar-refractivity contribution >= 4 is 34.9 Å². The summed E-state index contributed by atoms with van der Waals surface area (Å²) in [4.78, 5) is 31.2. The summed E-state index contributed by atoms with van der Waals surface area (Å²) in [5.41, 5.74) is 3.15. The molecule has 2 heterocycles. The van der Waals surface area contributed by atoms with Crippen molar-refractivity contribution in [2.45, 2.75) is 13.1 Å². The minimum atomic E-state index is -0.317. The molecule has 0 spiro atoms. The number of amides is 2. The van der Waals surface area contributed by atoms with Gasteiger partial charge in [-0.2, -0.15) is 5.26 Å². The number of pyridine rings is 1. The van der Waals surface area contributed by atoms with E-state index < -0.39 is 0 Å². The van der Waals surface area contributed by atoms with E-state index in [9.17, 15) is 9.59 Å². The molecular formula is C23H18ClN5O2. The number of rotatable bonds is 5. The van der Waals surface area contributed by atoms with Gasteiger partial charge in [0.05, 0.1) is 36.0 Å². The van der Waals surface area contributed by atoms with Gasteiger partial charge in [-0.05, 0) is 41.5 Å². The fraction of sp³-hybridized carbons (Fsp3) is 0.130. The Hall–Kier alpha value is -3.89. The zero-order valence-corrected chi connectivity index (χ0v) is 17.2. The third kappa shape index (κ3) is 4.65. The van der Waals surface area contributed by atoms with E-state index in [1.807, 2.05) is 18.2 Å². The van der Waals surface area contributed by atoms with Gasteiger partial charge in [0.25, 0.3) is 5.91 Å². The van der Waals surface area contributed by atoms with Crippen LogP contribution < -0.4 is 15.5 Å². The average Bonchev–Trinajstić information content (AvgIpc) is 2.80. The number of aromatic nitrogens is 1. The minimum Gasteiger partial charge on any atom is -0.359 e. The molecule has 0 atom stereocenters. The van der Waals surface area contributed by atoms with Crippen LogP contribution in [0.5, 0.6) is 0 Å². The molecule has 31 heavy (non-hydrogen) atoms. The van der Waals surface area contributed by atoms with Crippen molar-refractivity contribution in [1.82, 2.24) is 10.3 Å². The van der Waals surface area contributed by atoms with E-state index in [0.717, 1.165) is 11.1 Å². The lowest BCUT2D eigenvalue weighted by atomic mass is 10.1. The first kappa shape index (κ1) is 20.4. The molecule has 1 aliphatic heterocycles. The molecule has 0 radical (unpaired) electrons. The van der Waals surface area contributed by atoms with Crippen molar-refractivity contribution in [2.75, 3.05) is 16.8 Å². The van der Waals surface area contributed by atoms with Gasteiger partial charge < -0.3 is 15.5 Å². The maximum absolute atomic E-state index is 12.7. The van der Waals surface area contributed by atoms with E-state index in [2.05, 4.69) is 21.7 Å². The van der Waals surface area contributed by atoms with Gasteiger partial charge in [0.1, 0.15) is 0 Å². The van der Waals surface area contributed by atoms with Gasteiger partial charge in [-0.3, -0.25) is 9.59 Å². The fourth-order valence-electron chi connectivity index (χ4n) is 3.29. The van der Waals surface area contributed by atoms with Gasteiger partial charge in [-0.15, -0.1) is 0 Å². The first-order valence-corrected chi connectivity index (χ1v) is 9.97. The zero-order chi connectivity index (χ0) is 21.8. The quantitative estimate of drug-likeness (QED) is 0.644. The van der Waals surface area contributed by atoms with Gasteiger partial charge in [0.2, 0.25) is 5.91 Å². The summed E-state index contributed by atoms with van der Waals surface area (Å²) < 4.78 is 0. The van der Waals surface area contributed by atoms with Crippen LogP contribution in [-0.2, 0) is 17.9 Å². The molecule has 8 heteroatoms. The molecule has 2 amide bonds. The Morgan fingerprint density at radius 2 is 2.00 bits per heavy atom. The Labute approximate surface area is 184 Å². The average molecular weight is 432 g/mol. The third-order valence-corrected chi connectivity index (χ3v) is 5.14. The molecule has 0 aliphatic carbocycles. The van der Waals surface area contributed by atoms with Crippen LogP contribution in [0, 0.1) is 11.3 Å². The van der Waals surface area contributed by atoms with Gasteiger partial charge in [-0.25, -0.2) is 4.98 Å². The predicted molar refractivity (Wildman–Crippen MR) is 118 cm³/mol. The summed E-state index contributed by atoms with van der Waals surface area (Å²) in [5, 5.41) is 15.4. The summed E-state index contributed by atoms with van der Waals surface area (Å²) >= 11 is 5.95. The van der Waals surface area contributed by atoms with Gasteiger partial charge >= 0.3 is 0 Å². The number of nitriles is 1. The highest BCUT2D eigenvalue weighted by atomic mass is 35.5. The van der Waals surface area contributed by atoms with E-state index >= 15 is 0 Å². The Kier molecular flexibility index (Phi) is 5.83. The number of hydrogen-bond donors (Lipinski definition) is 2. The fourth-order valence-corrected chi connectivity index (χ4v) is 3.42. The minimum absolute atomic E-state index is 0.116. The van der Waals surface area contributed by atoms with Crippen LogP contribution in [0.3, 0.4) is 0 Å². The molecule has 2 N–H and O–H groups in total. The maximum Gasteiger partial charge on any atom is 0.253 e.